The molecule has 0 amide bonds. The quantitative estimate of drug-likeness (QED) is 0.446. The molecule has 0 radical (unpaired) electrons. The third-order valence-corrected chi connectivity index (χ3v) is 10.2. The fraction of sp³-hybridized carbons (Fsp3) is 0.182. The van der Waals surface area contributed by atoms with Gasteiger partial charge in [-0.1, -0.05) is 54.6 Å². The standard InChI is InChI=1S/C22H24O3P2/c23-27(24,25)19-11-10-18-26(20-12-4-1-5-13-20,21-14-6-2-7-15-21)22-16-8-3-9-17-22/h1-9,12-17H,10-11,18-19H2,(H-,23,24,25)/p+1. The number of benzene rings is 3. The fourth-order valence-corrected chi connectivity index (χ4v) is 8.59. The molecule has 3 aromatic carbocycles. The van der Waals surface area contributed by atoms with E-state index in [1.165, 1.54) is 15.9 Å². The Bertz CT molecular complexity index is 781. The van der Waals surface area contributed by atoms with E-state index in [0.717, 1.165) is 12.6 Å². The van der Waals surface area contributed by atoms with Crippen LogP contribution in [0.5, 0.6) is 0 Å². The second kappa shape index (κ2) is 8.95. The highest BCUT2D eigenvalue weighted by Crippen LogP contribution is 2.56. The van der Waals surface area contributed by atoms with E-state index in [4.69, 9.17) is 0 Å². The molecule has 0 heterocycles. The van der Waals surface area contributed by atoms with Crippen LogP contribution in [-0.2, 0) is 4.57 Å². The first-order valence-corrected chi connectivity index (χ1v) is 12.9. The van der Waals surface area contributed by atoms with Crippen molar-refractivity contribution in [1.82, 2.24) is 0 Å². The van der Waals surface area contributed by atoms with E-state index in [0.29, 0.717) is 6.42 Å². The van der Waals surface area contributed by atoms with Gasteiger partial charge in [-0.3, -0.25) is 4.57 Å². The van der Waals surface area contributed by atoms with Gasteiger partial charge in [0.15, 0.2) is 0 Å². The molecule has 0 aliphatic rings. The Morgan fingerprint density at radius 2 is 1.00 bits per heavy atom. The van der Waals surface area contributed by atoms with Crippen LogP contribution in [0.15, 0.2) is 91.0 Å². The van der Waals surface area contributed by atoms with E-state index in [9.17, 15) is 14.4 Å². The molecule has 3 nitrogen and oxygen atoms in total. The summed E-state index contributed by atoms with van der Waals surface area (Å²) in [6.07, 6.45) is 2.15. The Morgan fingerprint density at radius 1 is 0.630 bits per heavy atom. The third kappa shape index (κ3) is 4.94. The summed E-state index contributed by atoms with van der Waals surface area (Å²) in [6.45, 7) is 0. The molecule has 0 fully saturated rings. The molecule has 3 rings (SSSR count). The second-order valence-electron chi connectivity index (χ2n) is 6.64. The van der Waals surface area contributed by atoms with Gasteiger partial charge in [-0.15, -0.1) is 0 Å². The van der Waals surface area contributed by atoms with E-state index in [1.54, 1.807) is 0 Å². The van der Waals surface area contributed by atoms with Crippen LogP contribution in [0.25, 0.3) is 0 Å². The van der Waals surface area contributed by atoms with E-state index in [1.807, 2.05) is 18.2 Å². The summed E-state index contributed by atoms with van der Waals surface area (Å²) < 4.78 is 11.3. The van der Waals surface area contributed by atoms with Crippen LogP contribution < -0.4 is 15.9 Å². The summed E-state index contributed by atoms with van der Waals surface area (Å²) in [7, 11) is -5.84. The molecule has 3 aromatic rings. The molecular formula is C22H25O3P2+. The molecule has 0 spiro atoms. The molecule has 27 heavy (non-hydrogen) atoms. The van der Waals surface area contributed by atoms with Gasteiger partial charge in [0, 0.05) is 6.16 Å². The van der Waals surface area contributed by atoms with Crippen molar-refractivity contribution in [3.63, 3.8) is 0 Å². The lowest BCUT2D eigenvalue weighted by atomic mass is 10.3. The van der Waals surface area contributed by atoms with Gasteiger partial charge in [-0.05, 0) is 49.2 Å². The van der Waals surface area contributed by atoms with Gasteiger partial charge < -0.3 is 9.79 Å². The van der Waals surface area contributed by atoms with Crippen molar-refractivity contribution in [3.05, 3.63) is 91.0 Å². The Balaban J connectivity index is 2.07. The normalized spacial score (nSPS) is 12.1. The minimum absolute atomic E-state index is 0.0502. The summed E-state index contributed by atoms with van der Waals surface area (Å²) >= 11 is 0. The van der Waals surface area contributed by atoms with Gasteiger partial charge in [0.2, 0.25) is 0 Å². The number of hydrogen-bond acceptors (Lipinski definition) is 1. The Kier molecular flexibility index (Phi) is 6.63. The monoisotopic (exact) mass is 399 g/mol. The van der Waals surface area contributed by atoms with Crippen LogP contribution in [0.2, 0.25) is 0 Å². The van der Waals surface area contributed by atoms with Crippen molar-refractivity contribution >= 4 is 30.8 Å². The van der Waals surface area contributed by atoms with E-state index >= 15 is 0 Å². The minimum atomic E-state index is -3.95. The smallest absolute Gasteiger partial charge is 0.324 e. The van der Waals surface area contributed by atoms with Crippen molar-refractivity contribution in [1.29, 1.82) is 0 Å². The summed E-state index contributed by atoms with van der Waals surface area (Å²) in [5.74, 6) is 0. The minimum Gasteiger partial charge on any atom is -0.324 e. The largest absolute Gasteiger partial charge is 0.325 e. The molecule has 5 heteroatoms. The average Bonchev–Trinajstić information content (AvgIpc) is 2.70. The van der Waals surface area contributed by atoms with Crippen molar-refractivity contribution < 1.29 is 14.4 Å². The molecule has 0 aromatic heterocycles. The zero-order chi connectivity index (χ0) is 19.2. The van der Waals surface area contributed by atoms with Gasteiger partial charge in [-0.2, -0.15) is 0 Å². The van der Waals surface area contributed by atoms with Gasteiger partial charge >= 0.3 is 7.60 Å². The van der Waals surface area contributed by atoms with Crippen molar-refractivity contribution in [3.8, 4) is 0 Å². The molecular weight excluding hydrogens is 374 g/mol. The summed E-state index contributed by atoms with van der Waals surface area (Å²) in [6, 6.07) is 31.7. The Morgan fingerprint density at radius 3 is 1.33 bits per heavy atom. The molecule has 0 aliphatic heterocycles. The maximum absolute atomic E-state index is 11.3. The predicted molar refractivity (Wildman–Crippen MR) is 116 cm³/mol. The van der Waals surface area contributed by atoms with Gasteiger partial charge in [0.1, 0.15) is 23.2 Å². The number of rotatable bonds is 8. The average molecular weight is 399 g/mol. The fourth-order valence-electron chi connectivity index (χ4n) is 3.55. The Hall–Kier alpha value is -1.76. The molecule has 0 bridgehead atoms. The van der Waals surface area contributed by atoms with E-state index < -0.39 is 14.9 Å². The topological polar surface area (TPSA) is 57.5 Å². The highest BCUT2D eigenvalue weighted by atomic mass is 31.2. The van der Waals surface area contributed by atoms with Crippen LogP contribution in [0.1, 0.15) is 12.8 Å². The van der Waals surface area contributed by atoms with E-state index in [-0.39, 0.29) is 6.16 Å². The van der Waals surface area contributed by atoms with Gasteiger partial charge in [0.05, 0.1) is 6.16 Å². The van der Waals surface area contributed by atoms with Gasteiger partial charge in [0.25, 0.3) is 0 Å². The summed E-state index contributed by atoms with van der Waals surface area (Å²) in [4.78, 5) is 18.4. The lowest BCUT2D eigenvalue weighted by Gasteiger charge is -2.27. The zero-order valence-corrected chi connectivity index (χ0v) is 17.0. The lowest BCUT2D eigenvalue weighted by Crippen LogP contribution is -2.33. The third-order valence-electron chi connectivity index (χ3n) is 4.78. The summed E-state index contributed by atoms with van der Waals surface area (Å²) in [5.41, 5.74) is 0. The van der Waals surface area contributed by atoms with E-state index in [2.05, 4.69) is 72.8 Å². The zero-order valence-electron chi connectivity index (χ0n) is 15.2. The van der Waals surface area contributed by atoms with Crippen molar-refractivity contribution in [2.45, 2.75) is 12.8 Å². The Labute approximate surface area is 161 Å². The molecule has 0 unspecified atom stereocenters. The lowest BCUT2D eigenvalue weighted by molar-refractivity contribution is 0.371. The summed E-state index contributed by atoms with van der Waals surface area (Å²) in [5, 5.41) is 3.91. The predicted octanol–water partition coefficient (Wildman–Crippen LogP) is 3.94. The molecule has 140 valence electrons. The maximum atomic E-state index is 11.3. The molecule has 0 aliphatic carbocycles. The molecule has 0 saturated heterocycles. The van der Waals surface area contributed by atoms with Crippen LogP contribution >= 0.6 is 14.9 Å². The molecule has 0 atom stereocenters. The van der Waals surface area contributed by atoms with Crippen LogP contribution in [0, 0.1) is 0 Å². The molecule has 0 saturated carbocycles. The van der Waals surface area contributed by atoms with Crippen LogP contribution in [0.4, 0.5) is 0 Å². The first-order chi connectivity index (χ1) is 13.0. The highest BCUT2D eigenvalue weighted by Gasteiger charge is 2.44. The highest BCUT2D eigenvalue weighted by molar-refractivity contribution is 7.95. The van der Waals surface area contributed by atoms with Crippen molar-refractivity contribution in [2.75, 3.05) is 12.3 Å². The van der Waals surface area contributed by atoms with Crippen molar-refractivity contribution in [2.24, 2.45) is 0 Å². The van der Waals surface area contributed by atoms with Crippen LogP contribution in [-0.4, -0.2) is 22.1 Å². The first kappa shape index (κ1) is 20.0. The van der Waals surface area contributed by atoms with Crippen LogP contribution in [0.3, 0.4) is 0 Å². The number of unbranched alkanes of at least 4 members (excludes halogenated alkanes) is 1. The maximum Gasteiger partial charge on any atom is 0.325 e. The van der Waals surface area contributed by atoms with Gasteiger partial charge in [-0.25, -0.2) is 0 Å². The first-order valence-electron chi connectivity index (χ1n) is 9.12. The SMILES string of the molecule is O=P(O)(O)CCCC[P+](c1ccccc1)(c1ccccc1)c1ccccc1. The second-order valence-corrected chi connectivity index (χ2v) is 12.0. The number of hydrogen-bond donors (Lipinski definition) is 2. The molecule has 2 N–H and O–H groups in total.